The molecule has 0 spiro atoms. The molecule has 2 atom stereocenters. The molecule has 0 unspecified atom stereocenters. The van der Waals surface area contributed by atoms with Crippen LogP contribution in [0.2, 0.25) is 0 Å². The average molecular weight is 385 g/mol. The van der Waals surface area contributed by atoms with E-state index in [0.717, 1.165) is 12.8 Å². The molecule has 1 aromatic rings. The fraction of sp³-hybridized carbons (Fsp3) is 0.400. The first-order chi connectivity index (χ1) is 13.5. The van der Waals surface area contributed by atoms with Gasteiger partial charge in [-0.1, -0.05) is 49.4 Å². The number of nitrogens with zero attached hydrogens (tertiary/aromatic N) is 1. The Morgan fingerprint density at radius 1 is 1.29 bits per heavy atom. The molecule has 0 saturated carbocycles. The van der Waals surface area contributed by atoms with Gasteiger partial charge in [0.05, 0.1) is 6.42 Å². The number of benzene rings is 1. The number of hydrogen-bond acceptors (Lipinski definition) is 5. The van der Waals surface area contributed by atoms with Crippen molar-refractivity contribution < 1.29 is 23.9 Å². The zero-order chi connectivity index (χ0) is 20.1. The van der Waals surface area contributed by atoms with Gasteiger partial charge >= 0.3 is 12.0 Å². The van der Waals surface area contributed by atoms with E-state index in [9.17, 15) is 19.2 Å². The zero-order valence-corrected chi connectivity index (χ0v) is 15.6. The van der Waals surface area contributed by atoms with Crippen LogP contribution in [0.3, 0.4) is 0 Å². The van der Waals surface area contributed by atoms with Gasteiger partial charge in [0.2, 0.25) is 0 Å². The summed E-state index contributed by atoms with van der Waals surface area (Å²) in [5.41, 5.74) is 1.62. The maximum Gasteiger partial charge on any atom is 0.344 e. The van der Waals surface area contributed by atoms with Gasteiger partial charge in [0.15, 0.2) is 6.61 Å². The third-order valence-electron chi connectivity index (χ3n) is 5.03. The van der Waals surface area contributed by atoms with Crippen molar-refractivity contribution in [2.75, 3.05) is 6.61 Å². The molecule has 1 aromatic carbocycles. The molecular formula is C20H23N3O5. The fourth-order valence-electron chi connectivity index (χ4n) is 3.48. The second-order valence-corrected chi connectivity index (χ2v) is 6.86. The first-order valence-electron chi connectivity index (χ1n) is 9.30. The molecule has 2 N–H and O–H groups in total. The van der Waals surface area contributed by atoms with E-state index in [0.29, 0.717) is 17.0 Å². The highest BCUT2D eigenvalue weighted by molar-refractivity contribution is 6.08. The number of carbonyl (C=O) groups excluding carboxylic acids is 4. The highest BCUT2D eigenvalue weighted by atomic mass is 16.5. The summed E-state index contributed by atoms with van der Waals surface area (Å²) < 4.78 is 4.95. The molecule has 1 fully saturated rings. The number of urea groups is 1. The van der Waals surface area contributed by atoms with Gasteiger partial charge in [0.25, 0.3) is 11.8 Å². The van der Waals surface area contributed by atoms with Crippen LogP contribution in [0.1, 0.15) is 38.2 Å². The van der Waals surface area contributed by atoms with Crippen LogP contribution in [-0.2, 0) is 24.7 Å². The standard InChI is InChI=1S/C20H23N3O5/c1-2-20(15-10-4-3-5-11-15)18(26)23(19(27)21-20)22-16(24)13-28-17(25)12-14-8-6-7-9-14/h3-6,8,10-11,14H,2,7,9,12-13H2,1H3,(H,21,27)(H,22,24)/t14-,20+/m0/s1. The molecule has 3 rings (SSSR count). The van der Waals surface area contributed by atoms with Crippen LogP contribution in [0.15, 0.2) is 42.5 Å². The quantitative estimate of drug-likeness (QED) is 0.423. The summed E-state index contributed by atoms with van der Waals surface area (Å²) in [6.07, 6.45) is 6.32. The Labute approximate surface area is 162 Å². The molecule has 1 saturated heterocycles. The number of allylic oxidation sites excluding steroid dienone is 2. The van der Waals surface area contributed by atoms with E-state index in [1.807, 2.05) is 18.2 Å². The molecule has 0 aromatic heterocycles. The van der Waals surface area contributed by atoms with E-state index >= 15 is 0 Å². The van der Waals surface area contributed by atoms with Gasteiger partial charge in [-0.2, -0.15) is 5.01 Å². The molecule has 1 heterocycles. The van der Waals surface area contributed by atoms with E-state index < -0.39 is 36.0 Å². The summed E-state index contributed by atoms with van der Waals surface area (Å²) in [6, 6.07) is 8.10. The molecule has 8 nitrogen and oxygen atoms in total. The molecule has 8 heteroatoms. The number of ether oxygens (including phenoxy) is 1. The SMILES string of the molecule is CC[C@]1(c2ccccc2)NC(=O)N(NC(=O)COC(=O)C[C@H]2C=CCC2)C1=O. The number of imide groups is 1. The number of hydrogen-bond donors (Lipinski definition) is 2. The lowest BCUT2D eigenvalue weighted by molar-refractivity contribution is -0.151. The highest BCUT2D eigenvalue weighted by Crippen LogP contribution is 2.31. The summed E-state index contributed by atoms with van der Waals surface area (Å²) >= 11 is 0. The topological polar surface area (TPSA) is 105 Å². The molecular weight excluding hydrogens is 362 g/mol. The Hall–Kier alpha value is -3.16. The third kappa shape index (κ3) is 3.90. The Balaban J connectivity index is 1.58. The normalized spacial score (nSPS) is 23.6. The van der Waals surface area contributed by atoms with Crippen LogP contribution in [0.5, 0.6) is 0 Å². The second-order valence-electron chi connectivity index (χ2n) is 6.86. The van der Waals surface area contributed by atoms with Gasteiger partial charge in [-0.25, -0.2) is 4.79 Å². The van der Waals surface area contributed by atoms with Gasteiger partial charge in [-0.15, -0.1) is 0 Å². The van der Waals surface area contributed by atoms with Gasteiger partial charge < -0.3 is 10.1 Å². The molecule has 1 aliphatic heterocycles. The van der Waals surface area contributed by atoms with Crippen LogP contribution >= 0.6 is 0 Å². The van der Waals surface area contributed by atoms with Crippen molar-refractivity contribution in [2.45, 2.75) is 38.1 Å². The Morgan fingerprint density at radius 3 is 2.68 bits per heavy atom. The molecule has 0 radical (unpaired) electrons. The van der Waals surface area contributed by atoms with Crippen molar-refractivity contribution in [1.29, 1.82) is 0 Å². The van der Waals surface area contributed by atoms with E-state index in [-0.39, 0.29) is 12.3 Å². The number of esters is 1. The number of amides is 4. The van der Waals surface area contributed by atoms with Crippen molar-refractivity contribution in [2.24, 2.45) is 5.92 Å². The van der Waals surface area contributed by atoms with E-state index in [2.05, 4.69) is 10.7 Å². The van der Waals surface area contributed by atoms with Crippen molar-refractivity contribution in [1.82, 2.24) is 15.8 Å². The maximum atomic E-state index is 12.9. The number of carbonyl (C=O) groups is 4. The lowest BCUT2D eigenvalue weighted by Crippen LogP contribution is -2.49. The summed E-state index contributed by atoms with van der Waals surface area (Å²) in [7, 11) is 0. The molecule has 1 aliphatic carbocycles. The maximum absolute atomic E-state index is 12.9. The molecule has 148 valence electrons. The van der Waals surface area contributed by atoms with E-state index in [1.165, 1.54) is 0 Å². The van der Waals surface area contributed by atoms with Crippen molar-refractivity contribution in [3.8, 4) is 0 Å². The predicted molar refractivity (Wildman–Crippen MR) is 99.4 cm³/mol. The monoisotopic (exact) mass is 385 g/mol. The Bertz CT molecular complexity index is 807. The van der Waals surface area contributed by atoms with Gasteiger partial charge in [-0.3, -0.25) is 19.8 Å². The Morgan fingerprint density at radius 2 is 2.04 bits per heavy atom. The van der Waals surface area contributed by atoms with Crippen LogP contribution in [0.4, 0.5) is 4.79 Å². The lowest BCUT2D eigenvalue weighted by atomic mass is 9.87. The van der Waals surface area contributed by atoms with Crippen molar-refractivity contribution >= 4 is 23.8 Å². The minimum absolute atomic E-state index is 0.137. The van der Waals surface area contributed by atoms with E-state index in [1.54, 1.807) is 31.2 Å². The Kier molecular flexibility index (Phi) is 5.77. The fourth-order valence-corrected chi connectivity index (χ4v) is 3.48. The van der Waals surface area contributed by atoms with Gasteiger partial charge in [-0.05, 0) is 30.7 Å². The van der Waals surface area contributed by atoms with Crippen LogP contribution < -0.4 is 10.7 Å². The highest BCUT2D eigenvalue weighted by Gasteiger charge is 2.52. The first kappa shape index (κ1) is 19.6. The number of rotatable bonds is 7. The molecule has 28 heavy (non-hydrogen) atoms. The second kappa shape index (κ2) is 8.24. The van der Waals surface area contributed by atoms with Crippen LogP contribution in [0.25, 0.3) is 0 Å². The van der Waals surface area contributed by atoms with Crippen molar-refractivity contribution in [3.05, 3.63) is 48.0 Å². The number of nitrogens with one attached hydrogen (secondary N) is 2. The lowest BCUT2D eigenvalue weighted by Gasteiger charge is -2.25. The smallest absolute Gasteiger partial charge is 0.344 e. The summed E-state index contributed by atoms with van der Waals surface area (Å²) in [5, 5.41) is 3.30. The van der Waals surface area contributed by atoms with Crippen LogP contribution in [0, 0.1) is 5.92 Å². The largest absolute Gasteiger partial charge is 0.455 e. The summed E-state index contributed by atoms with van der Waals surface area (Å²) in [6.45, 7) is 1.21. The van der Waals surface area contributed by atoms with Crippen LogP contribution in [-0.4, -0.2) is 35.4 Å². The predicted octanol–water partition coefficient (Wildman–Crippen LogP) is 1.77. The minimum atomic E-state index is -1.24. The first-order valence-corrected chi connectivity index (χ1v) is 9.30. The molecule has 0 bridgehead atoms. The molecule has 2 aliphatic rings. The molecule has 4 amide bonds. The van der Waals surface area contributed by atoms with E-state index in [4.69, 9.17) is 4.74 Å². The summed E-state index contributed by atoms with van der Waals surface area (Å²) in [5.74, 6) is -1.69. The van der Waals surface area contributed by atoms with Crippen molar-refractivity contribution in [3.63, 3.8) is 0 Å². The van der Waals surface area contributed by atoms with Gasteiger partial charge in [0, 0.05) is 0 Å². The summed E-state index contributed by atoms with van der Waals surface area (Å²) in [4.78, 5) is 49.1. The number of hydrazine groups is 1. The third-order valence-corrected chi connectivity index (χ3v) is 5.03. The van der Waals surface area contributed by atoms with Gasteiger partial charge in [0.1, 0.15) is 5.54 Å². The average Bonchev–Trinajstić information content (AvgIpc) is 3.29. The minimum Gasteiger partial charge on any atom is -0.455 e. The zero-order valence-electron chi connectivity index (χ0n) is 15.6.